The molecule has 3 aromatic rings. The Morgan fingerprint density at radius 2 is 2.13 bits per heavy atom. The normalized spacial score (nSPS) is 21.2. The molecule has 10 nitrogen and oxygen atoms in total. The number of nitrogens with one attached hydrogen (secondary N) is 3. The zero-order valence-corrected chi connectivity index (χ0v) is 23.0. The Bertz CT molecular complexity index is 1230. The van der Waals surface area contributed by atoms with Crippen LogP contribution in [0, 0.1) is 0 Å². The van der Waals surface area contributed by atoms with Gasteiger partial charge in [-0.3, -0.25) is 14.2 Å². The molecular weight excluding hydrogens is 524 g/mol. The van der Waals surface area contributed by atoms with Crippen molar-refractivity contribution in [3.8, 4) is 5.95 Å². The zero-order chi connectivity index (χ0) is 26.5. The highest BCUT2D eigenvalue weighted by Crippen LogP contribution is 2.31. The van der Waals surface area contributed by atoms with Crippen molar-refractivity contribution in [2.75, 3.05) is 24.5 Å². The zero-order valence-electron chi connectivity index (χ0n) is 21.4. The van der Waals surface area contributed by atoms with Crippen LogP contribution in [-0.4, -0.2) is 62.5 Å². The number of nitrogens with zero attached hydrogens (tertiary/aromatic N) is 5. The van der Waals surface area contributed by atoms with Crippen LogP contribution in [0.5, 0.6) is 0 Å². The number of carbonyl (C=O) groups is 2. The fraction of sp³-hybridized carbons (Fsp3) is 0.500. The molecule has 1 aliphatic carbocycles. The Morgan fingerprint density at radius 3 is 2.87 bits per heavy atom. The average Bonchev–Trinajstić information content (AvgIpc) is 3.64. The van der Waals surface area contributed by atoms with E-state index in [1.807, 2.05) is 29.3 Å². The van der Waals surface area contributed by atoms with E-state index in [0.717, 1.165) is 30.6 Å². The summed E-state index contributed by atoms with van der Waals surface area (Å²) in [5.74, 6) is 0.469. The number of halogens is 1. The lowest BCUT2D eigenvalue weighted by atomic mass is 9.87. The van der Waals surface area contributed by atoms with Gasteiger partial charge in [0.1, 0.15) is 22.8 Å². The van der Waals surface area contributed by atoms with Crippen molar-refractivity contribution in [1.82, 2.24) is 35.5 Å². The summed E-state index contributed by atoms with van der Waals surface area (Å²) in [6, 6.07) is 5.55. The molecule has 1 saturated heterocycles. The highest BCUT2D eigenvalue weighted by molar-refractivity contribution is 7.10. The third-order valence-electron chi connectivity index (χ3n) is 7.29. The van der Waals surface area contributed by atoms with Gasteiger partial charge in [-0.15, -0.1) is 11.3 Å². The SMILES string of the molecule is CC(NC(=O)CC1(C(=O)NC2CCCCC2)CNCCN1c1cc(Cl)nc(-n2ccnc2)n1)c1cccs1. The van der Waals surface area contributed by atoms with Crippen LogP contribution in [0.4, 0.5) is 5.82 Å². The molecule has 0 spiro atoms. The largest absolute Gasteiger partial charge is 0.351 e. The second-order valence-electron chi connectivity index (χ2n) is 9.97. The van der Waals surface area contributed by atoms with Crippen molar-refractivity contribution < 1.29 is 9.59 Å². The molecule has 1 aliphatic heterocycles. The summed E-state index contributed by atoms with van der Waals surface area (Å²) in [7, 11) is 0. The number of anilines is 1. The number of thiophene rings is 1. The molecule has 2 unspecified atom stereocenters. The number of rotatable bonds is 8. The first-order chi connectivity index (χ1) is 18.4. The summed E-state index contributed by atoms with van der Waals surface area (Å²) >= 11 is 8.03. The first kappa shape index (κ1) is 26.6. The van der Waals surface area contributed by atoms with Gasteiger partial charge in [-0.25, -0.2) is 9.97 Å². The van der Waals surface area contributed by atoms with E-state index in [1.54, 1.807) is 40.7 Å². The van der Waals surface area contributed by atoms with Gasteiger partial charge >= 0.3 is 0 Å². The molecule has 5 rings (SSSR count). The number of amides is 2. The lowest BCUT2D eigenvalue weighted by Crippen LogP contribution is -2.70. The van der Waals surface area contributed by atoms with Gasteiger partial charge in [0.2, 0.25) is 17.8 Å². The lowest BCUT2D eigenvalue weighted by molar-refractivity contribution is -0.133. The molecule has 3 aromatic heterocycles. The fourth-order valence-corrected chi connectivity index (χ4v) is 6.24. The average molecular weight is 557 g/mol. The summed E-state index contributed by atoms with van der Waals surface area (Å²) in [6.07, 6.45) is 10.2. The van der Waals surface area contributed by atoms with E-state index < -0.39 is 5.54 Å². The molecule has 0 bridgehead atoms. The molecule has 2 amide bonds. The first-order valence-electron chi connectivity index (χ1n) is 13.1. The van der Waals surface area contributed by atoms with E-state index in [4.69, 9.17) is 16.6 Å². The summed E-state index contributed by atoms with van der Waals surface area (Å²) in [4.78, 5) is 43.8. The number of hydrogen-bond acceptors (Lipinski definition) is 8. The van der Waals surface area contributed by atoms with E-state index in [1.165, 1.54) is 6.42 Å². The van der Waals surface area contributed by atoms with Gasteiger partial charge in [-0.1, -0.05) is 36.9 Å². The van der Waals surface area contributed by atoms with Crippen LogP contribution in [0.25, 0.3) is 5.95 Å². The van der Waals surface area contributed by atoms with Crippen molar-refractivity contribution in [3.63, 3.8) is 0 Å². The molecule has 3 N–H and O–H groups in total. The smallest absolute Gasteiger partial charge is 0.248 e. The number of carbonyl (C=O) groups excluding carboxylic acids is 2. The minimum atomic E-state index is -1.20. The minimum Gasteiger partial charge on any atom is -0.351 e. The van der Waals surface area contributed by atoms with E-state index in [0.29, 0.717) is 31.4 Å². The standard InChI is InChI=1S/C26H33ClN8O2S/c1-18(20-8-5-13-38-20)30-23(36)15-26(24(37)31-19-6-3-2-4-7-19)16-28-10-12-35(26)22-14-21(27)32-25(33-22)34-11-9-29-17-34/h5,8-9,11,13-14,17-19,28H,2-4,6-7,10,12,15-16H2,1H3,(H,30,36)(H,31,37). The highest BCUT2D eigenvalue weighted by Gasteiger charge is 2.49. The number of piperazine rings is 1. The van der Waals surface area contributed by atoms with Crippen LogP contribution in [-0.2, 0) is 9.59 Å². The summed E-state index contributed by atoms with van der Waals surface area (Å²) in [5, 5.41) is 12.0. The van der Waals surface area contributed by atoms with Gasteiger partial charge in [-0.2, -0.15) is 4.98 Å². The minimum absolute atomic E-state index is 0.0314. The third-order valence-corrected chi connectivity index (χ3v) is 8.54. The van der Waals surface area contributed by atoms with Crippen LogP contribution < -0.4 is 20.9 Å². The number of aromatic nitrogens is 4. The van der Waals surface area contributed by atoms with Gasteiger partial charge in [0.15, 0.2) is 0 Å². The number of hydrogen-bond donors (Lipinski definition) is 3. The summed E-state index contributed by atoms with van der Waals surface area (Å²) in [5.41, 5.74) is -1.20. The van der Waals surface area contributed by atoms with E-state index in [2.05, 4.69) is 25.9 Å². The molecule has 12 heteroatoms. The van der Waals surface area contributed by atoms with Crippen molar-refractivity contribution in [3.05, 3.63) is 52.3 Å². The predicted molar refractivity (Wildman–Crippen MR) is 148 cm³/mol. The molecule has 202 valence electrons. The van der Waals surface area contributed by atoms with Gasteiger partial charge in [0, 0.05) is 49.0 Å². The molecule has 1 saturated carbocycles. The van der Waals surface area contributed by atoms with Gasteiger partial charge in [0.25, 0.3) is 0 Å². The second kappa shape index (κ2) is 11.8. The van der Waals surface area contributed by atoms with Crippen LogP contribution in [0.3, 0.4) is 0 Å². The maximum absolute atomic E-state index is 14.2. The fourth-order valence-electron chi connectivity index (χ4n) is 5.33. The van der Waals surface area contributed by atoms with Crippen molar-refractivity contribution in [2.45, 2.75) is 63.1 Å². The Kier molecular flexibility index (Phi) is 8.25. The van der Waals surface area contributed by atoms with Gasteiger partial charge in [0.05, 0.1) is 12.5 Å². The van der Waals surface area contributed by atoms with Crippen LogP contribution >= 0.6 is 22.9 Å². The van der Waals surface area contributed by atoms with Gasteiger partial charge in [-0.05, 0) is 31.2 Å². The Balaban J connectivity index is 1.48. The highest BCUT2D eigenvalue weighted by atomic mass is 35.5. The lowest BCUT2D eigenvalue weighted by Gasteiger charge is -2.47. The Hall–Kier alpha value is -3.02. The molecule has 4 heterocycles. The molecule has 0 radical (unpaired) electrons. The van der Waals surface area contributed by atoms with E-state index in [9.17, 15) is 9.59 Å². The summed E-state index contributed by atoms with van der Waals surface area (Å²) < 4.78 is 1.66. The van der Waals surface area contributed by atoms with Crippen molar-refractivity contribution in [1.29, 1.82) is 0 Å². The van der Waals surface area contributed by atoms with Crippen LogP contribution in [0.1, 0.15) is 56.4 Å². The Labute approximate surface area is 231 Å². The molecule has 2 atom stereocenters. The van der Waals surface area contributed by atoms with E-state index >= 15 is 0 Å². The van der Waals surface area contributed by atoms with E-state index in [-0.39, 0.29) is 35.5 Å². The van der Waals surface area contributed by atoms with Crippen molar-refractivity contribution in [2.24, 2.45) is 0 Å². The second-order valence-corrected chi connectivity index (χ2v) is 11.3. The predicted octanol–water partition coefficient (Wildman–Crippen LogP) is 3.24. The molecule has 38 heavy (non-hydrogen) atoms. The maximum Gasteiger partial charge on any atom is 0.248 e. The third kappa shape index (κ3) is 5.84. The summed E-state index contributed by atoms with van der Waals surface area (Å²) in [6.45, 7) is 3.36. The quantitative estimate of drug-likeness (QED) is 0.365. The first-order valence-corrected chi connectivity index (χ1v) is 14.4. The molecule has 2 fully saturated rings. The molecule has 0 aromatic carbocycles. The Morgan fingerprint density at radius 1 is 1.29 bits per heavy atom. The molecule has 2 aliphatic rings. The number of imidazole rings is 1. The van der Waals surface area contributed by atoms with Gasteiger partial charge < -0.3 is 20.9 Å². The maximum atomic E-state index is 14.2. The topological polar surface area (TPSA) is 117 Å². The van der Waals surface area contributed by atoms with Crippen LogP contribution in [0.15, 0.2) is 42.3 Å². The van der Waals surface area contributed by atoms with Crippen LogP contribution in [0.2, 0.25) is 5.15 Å². The monoisotopic (exact) mass is 556 g/mol. The molecular formula is C26H33ClN8O2S. The van der Waals surface area contributed by atoms with Crippen molar-refractivity contribution >= 4 is 40.6 Å².